The van der Waals surface area contributed by atoms with Crippen molar-refractivity contribution in [3.8, 4) is 0 Å². The number of hydrogen-bond donors (Lipinski definition) is 0. The van der Waals surface area contributed by atoms with E-state index in [0.717, 1.165) is 30.0 Å². The first kappa shape index (κ1) is 28.1. The lowest BCUT2D eigenvalue weighted by atomic mass is 10.2. The van der Waals surface area contributed by atoms with E-state index in [1.165, 1.54) is 24.3 Å². The average molecular weight is 531 g/mol. The van der Waals surface area contributed by atoms with Crippen molar-refractivity contribution >= 4 is 27.3 Å². The summed E-state index contributed by atoms with van der Waals surface area (Å²) in [5.74, 6) is 0. The molecule has 0 radical (unpaired) electrons. The maximum atomic E-state index is 12.4. The summed E-state index contributed by atoms with van der Waals surface area (Å²) in [7, 11) is 5.11. The van der Waals surface area contributed by atoms with E-state index in [-0.39, 0.29) is 0 Å². The van der Waals surface area contributed by atoms with Crippen LogP contribution in [0.3, 0.4) is 0 Å². The third-order valence-electron chi connectivity index (χ3n) is 4.17. The summed E-state index contributed by atoms with van der Waals surface area (Å²) < 4.78 is 83.7. The molecule has 0 aliphatic rings. The van der Waals surface area contributed by atoms with Crippen LogP contribution >= 0.6 is 15.9 Å². The molecule has 0 aliphatic carbocycles. The molecule has 0 saturated heterocycles. The van der Waals surface area contributed by atoms with Crippen molar-refractivity contribution in [2.45, 2.75) is 12.4 Å². The maximum absolute atomic E-state index is 12.4. The molecule has 0 saturated carbocycles. The fourth-order valence-electron chi connectivity index (χ4n) is 2.30. The first-order chi connectivity index (χ1) is 14.9. The Hall–Kier alpha value is -1.98. The minimum Gasteiger partial charge on any atom is -0.382 e. The van der Waals surface area contributed by atoms with Gasteiger partial charge < -0.3 is 19.3 Å². The van der Waals surface area contributed by atoms with E-state index in [1.54, 1.807) is 31.0 Å². The van der Waals surface area contributed by atoms with E-state index in [9.17, 15) is 26.3 Å². The summed E-state index contributed by atoms with van der Waals surface area (Å²) in [5.41, 5.74) is 0.720. The second kappa shape index (κ2) is 12.9. The Labute approximate surface area is 191 Å². The van der Waals surface area contributed by atoms with Crippen LogP contribution in [0.2, 0.25) is 0 Å². The smallest absolute Gasteiger partial charge is 0.382 e. The van der Waals surface area contributed by atoms with Gasteiger partial charge in [0.25, 0.3) is 0 Å². The minimum atomic E-state index is -4.30. The number of halogens is 7. The Balaban J connectivity index is 0.000000330. The molecule has 0 bridgehead atoms. The molecule has 0 unspecified atom stereocenters. The van der Waals surface area contributed by atoms with Gasteiger partial charge in [-0.1, -0.05) is 15.9 Å². The highest BCUT2D eigenvalue weighted by molar-refractivity contribution is 9.09. The molecule has 0 aromatic heterocycles. The second-order valence-electron chi connectivity index (χ2n) is 6.63. The third kappa shape index (κ3) is 9.66. The number of anilines is 2. The van der Waals surface area contributed by atoms with Gasteiger partial charge in [-0.25, -0.2) is 0 Å². The first-order valence-electron chi connectivity index (χ1n) is 9.29. The molecular weight excluding hydrogens is 506 g/mol. The molecule has 11 heteroatoms. The average Bonchev–Trinajstić information content (AvgIpc) is 2.75. The molecule has 2 aromatic carbocycles. The summed E-state index contributed by atoms with van der Waals surface area (Å²) in [6.07, 6.45) is -8.56. The fourth-order valence-corrected chi connectivity index (χ4v) is 2.59. The summed E-state index contributed by atoms with van der Waals surface area (Å²) in [6.45, 7) is 1.23. The van der Waals surface area contributed by atoms with Gasteiger partial charge in [0.1, 0.15) is 6.73 Å². The van der Waals surface area contributed by atoms with Crippen LogP contribution in [0.25, 0.3) is 0 Å². The van der Waals surface area contributed by atoms with Crippen molar-refractivity contribution in [2.75, 3.05) is 56.4 Å². The third-order valence-corrected chi connectivity index (χ3v) is 4.92. The van der Waals surface area contributed by atoms with Crippen LogP contribution in [0.4, 0.5) is 37.7 Å². The zero-order valence-electron chi connectivity index (χ0n) is 17.8. The highest BCUT2D eigenvalue weighted by atomic mass is 79.9. The van der Waals surface area contributed by atoms with Gasteiger partial charge in [-0.3, -0.25) is 0 Å². The van der Waals surface area contributed by atoms with Crippen LogP contribution in [-0.4, -0.2) is 46.6 Å². The molecular formula is C21H25BrF6N2O2. The van der Waals surface area contributed by atoms with E-state index in [2.05, 4.69) is 15.9 Å². The van der Waals surface area contributed by atoms with E-state index in [0.29, 0.717) is 31.1 Å². The Bertz CT molecular complexity index is 783. The predicted octanol–water partition coefficient (Wildman–Crippen LogP) is 6.26. The minimum absolute atomic E-state index is 0.300. The van der Waals surface area contributed by atoms with Crippen molar-refractivity contribution in [2.24, 2.45) is 0 Å². The molecule has 0 heterocycles. The van der Waals surface area contributed by atoms with E-state index in [1.807, 2.05) is 0 Å². The fraction of sp³-hybridized carbons (Fsp3) is 0.429. The lowest BCUT2D eigenvalue weighted by Gasteiger charge is -2.19. The van der Waals surface area contributed by atoms with Crippen molar-refractivity contribution in [1.82, 2.24) is 0 Å². The van der Waals surface area contributed by atoms with Gasteiger partial charge >= 0.3 is 12.4 Å². The zero-order chi connectivity index (χ0) is 24.4. The lowest BCUT2D eigenvalue weighted by molar-refractivity contribution is -0.138. The van der Waals surface area contributed by atoms with Crippen molar-refractivity contribution in [3.63, 3.8) is 0 Å². The van der Waals surface area contributed by atoms with Crippen LogP contribution in [0.5, 0.6) is 0 Å². The molecule has 32 heavy (non-hydrogen) atoms. The molecule has 0 N–H and O–H groups in total. The standard InChI is InChI=1S/C12H16F3NO2.C9H9BrF3N/c1-16(9-18-8-7-17-2)11-5-3-10(4-6-11)12(13,14)15;1-14(6-10)8-4-2-7(3-5-8)9(11,12)13/h3-6H,7-9H2,1-2H3;2-5H,6H2,1H3. The van der Waals surface area contributed by atoms with Crippen molar-refractivity contribution in [3.05, 3.63) is 59.7 Å². The van der Waals surface area contributed by atoms with E-state index in [4.69, 9.17) is 9.47 Å². The topological polar surface area (TPSA) is 24.9 Å². The van der Waals surface area contributed by atoms with Crippen molar-refractivity contribution < 1.29 is 35.8 Å². The second-order valence-corrected chi connectivity index (χ2v) is 7.14. The Morgan fingerprint density at radius 2 is 1.12 bits per heavy atom. The number of methoxy groups -OCH3 is 1. The molecule has 2 rings (SSSR count). The van der Waals surface area contributed by atoms with Crippen LogP contribution < -0.4 is 9.80 Å². The highest BCUT2D eigenvalue weighted by Gasteiger charge is 2.30. The Kier molecular flexibility index (Phi) is 11.3. The molecule has 0 atom stereocenters. The van der Waals surface area contributed by atoms with E-state index >= 15 is 0 Å². The molecule has 180 valence electrons. The largest absolute Gasteiger partial charge is 0.416 e. The van der Waals surface area contributed by atoms with Gasteiger partial charge in [-0.05, 0) is 48.5 Å². The number of benzene rings is 2. The summed E-state index contributed by atoms with van der Waals surface area (Å²) in [5, 5.41) is 0. The Morgan fingerprint density at radius 3 is 1.47 bits per heavy atom. The molecule has 0 spiro atoms. The summed E-state index contributed by atoms with van der Waals surface area (Å²) >= 11 is 3.21. The van der Waals surface area contributed by atoms with Crippen LogP contribution in [0, 0.1) is 0 Å². The summed E-state index contributed by atoms with van der Waals surface area (Å²) in [6, 6.07) is 10.0. The number of rotatable bonds is 8. The SMILES string of the molecule is CN(CBr)c1ccc(C(F)(F)F)cc1.COCCOCN(C)c1ccc(C(F)(F)F)cc1. The number of nitrogens with zero attached hydrogens (tertiary/aromatic N) is 2. The molecule has 0 aliphatic heterocycles. The number of ether oxygens (including phenoxy) is 2. The molecule has 0 amide bonds. The normalized spacial score (nSPS) is 11.6. The molecule has 4 nitrogen and oxygen atoms in total. The van der Waals surface area contributed by atoms with Crippen LogP contribution in [0.15, 0.2) is 48.5 Å². The monoisotopic (exact) mass is 530 g/mol. The number of alkyl halides is 7. The first-order valence-corrected chi connectivity index (χ1v) is 10.4. The van der Waals surface area contributed by atoms with Gasteiger partial charge in [0.15, 0.2) is 0 Å². The lowest BCUT2D eigenvalue weighted by Crippen LogP contribution is -2.22. The maximum Gasteiger partial charge on any atom is 0.416 e. The number of hydrogen-bond acceptors (Lipinski definition) is 4. The quantitative estimate of drug-likeness (QED) is 0.132. The highest BCUT2D eigenvalue weighted by Crippen LogP contribution is 2.31. The Morgan fingerprint density at radius 1 is 0.719 bits per heavy atom. The van der Waals surface area contributed by atoms with Gasteiger partial charge in [0.2, 0.25) is 0 Å². The van der Waals surface area contributed by atoms with Crippen molar-refractivity contribution in [1.29, 1.82) is 0 Å². The van der Waals surface area contributed by atoms with Gasteiger partial charge in [-0.2, -0.15) is 26.3 Å². The van der Waals surface area contributed by atoms with Gasteiger partial charge in [0.05, 0.1) is 29.8 Å². The molecule has 0 fully saturated rings. The summed E-state index contributed by atoms with van der Waals surface area (Å²) in [4.78, 5) is 3.51. The van der Waals surface area contributed by atoms with E-state index < -0.39 is 23.5 Å². The van der Waals surface area contributed by atoms with Gasteiger partial charge in [-0.15, -0.1) is 0 Å². The van der Waals surface area contributed by atoms with Crippen LogP contribution in [-0.2, 0) is 21.8 Å². The van der Waals surface area contributed by atoms with Gasteiger partial charge in [0, 0.05) is 32.6 Å². The molecule has 2 aromatic rings. The van der Waals surface area contributed by atoms with Crippen LogP contribution in [0.1, 0.15) is 11.1 Å². The predicted molar refractivity (Wildman–Crippen MR) is 116 cm³/mol. The zero-order valence-corrected chi connectivity index (χ0v) is 19.4.